The molecule has 0 radical (unpaired) electrons. The number of hydrogen-bond donors (Lipinski definition) is 2. The Hall–Kier alpha value is -0.310. The molecule has 5 fully saturated rings. The SMILES string of the molecule is S=C(NCC12CC3CC(CC(C3)C1)C2)NC1CCCCC1. The molecule has 5 rings (SSSR count). The third kappa shape index (κ3) is 3.09. The molecule has 2 N–H and O–H groups in total. The zero-order chi connectivity index (χ0) is 14.3. The van der Waals surface area contributed by atoms with Gasteiger partial charge in [-0.1, -0.05) is 19.3 Å². The van der Waals surface area contributed by atoms with Crippen LogP contribution < -0.4 is 10.6 Å². The first kappa shape index (κ1) is 14.3. The molecular formula is C18H30N2S. The van der Waals surface area contributed by atoms with Crippen molar-refractivity contribution in [2.45, 2.75) is 76.7 Å². The summed E-state index contributed by atoms with van der Waals surface area (Å²) in [7, 11) is 0. The van der Waals surface area contributed by atoms with Crippen LogP contribution in [0.15, 0.2) is 0 Å². The predicted octanol–water partition coefficient (Wildman–Crippen LogP) is 4.00. The average Bonchev–Trinajstić information content (AvgIpc) is 2.45. The standard InChI is InChI=1S/C18H30N2S/c21-17(20-16-4-2-1-3-5-16)19-12-18-9-13-6-14(10-18)8-15(7-13)11-18/h13-16H,1-12H2,(H2,19,20,21). The molecule has 0 saturated heterocycles. The van der Waals surface area contributed by atoms with Crippen LogP contribution in [0.2, 0.25) is 0 Å². The van der Waals surface area contributed by atoms with Crippen LogP contribution in [-0.4, -0.2) is 17.7 Å². The molecule has 21 heavy (non-hydrogen) atoms. The molecule has 0 aromatic rings. The van der Waals surface area contributed by atoms with Gasteiger partial charge >= 0.3 is 0 Å². The van der Waals surface area contributed by atoms with E-state index in [0.29, 0.717) is 11.5 Å². The van der Waals surface area contributed by atoms with E-state index in [-0.39, 0.29) is 0 Å². The summed E-state index contributed by atoms with van der Waals surface area (Å²) in [6.07, 6.45) is 15.8. The van der Waals surface area contributed by atoms with E-state index < -0.39 is 0 Å². The monoisotopic (exact) mass is 306 g/mol. The maximum atomic E-state index is 5.57. The van der Waals surface area contributed by atoms with Gasteiger partial charge < -0.3 is 10.6 Å². The molecule has 3 heteroatoms. The van der Waals surface area contributed by atoms with Gasteiger partial charge in [0.2, 0.25) is 0 Å². The Balaban J connectivity index is 1.29. The summed E-state index contributed by atoms with van der Waals surface area (Å²) in [6, 6.07) is 0.634. The number of hydrogen-bond acceptors (Lipinski definition) is 1. The van der Waals surface area contributed by atoms with E-state index in [1.165, 1.54) is 70.6 Å². The zero-order valence-electron chi connectivity index (χ0n) is 13.2. The largest absolute Gasteiger partial charge is 0.362 e. The summed E-state index contributed by atoms with van der Waals surface area (Å²) in [5, 5.41) is 8.11. The second-order valence-corrected chi connectivity index (χ2v) is 8.99. The van der Waals surface area contributed by atoms with Gasteiger partial charge in [0, 0.05) is 12.6 Å². The number of nitrogens with one attached hydrogen (secondary N) is 2. The molecule has 2 nitrogen and oxygen atoms in total. The first-order chi connectivity index (χ1) is 10.2. The molecular weight excluding hydrogens is 276 g/mol. The van der Waals surface area contributed by atoms with Crippen molar-refractivity contribution in [1.82, 2.24) is 10.6 Å². The van der Waals surface area contributed by atoms with Crippen LogP contribution >= 0.6 is 12.2 Å². The Morgan fingerprint density at radius 2 is 1.48 bits per heavy atom. The van der Waals surface area contributed by atoms with E-state index in [4.69, 9.17) is 12.2 Å². The Labute approximate surface area is 134 Å². The second kappa shape index (κ2) is 5.72. The molecule has 5 aliphatic carbocycles. The van der Waals surface area contributed by atoms with Crippen molar-refractivity contribution in [3.63, 3.8) is 0 Å². The summed E-state index contributed by atoms with van der Waals surface area (Å²) in [6.45, 7) is 1.13. The summed E-state index contributed by atoms with van der Waals surface area (Å²) in [5.74, 6) is 3.12. The number of thiocarbonyl (C=S) groups is 1. The molecule has 4 bridgehead atoms. The lowest BCUT2D eigenvalue weighted by atomic mass is 9.49. The molecule has 0 atom stereocenters. The van der Waals surface area contributed by atoms with E-state index in [9.17, 15) is 0 Å². The average molecular weight is 307 g/mol. The Kier molecular flexibility index (Phi) is 3.89. The first-order valence-electron chi connectivity index (χ1n) is 9.25. The minimum absolute atomic E-state index is 0.590. The highest BCUT2D eigenvalue weighted by molar-refractivity contribution is 7.80. The van der Waals surface area contributed by atoms with Crippen molar-refractivity contribution in [2.24, 2.45) is 23.2 Å². The van der Waals surface area contributed by atoms with Crippen molar-refractivity contribution in [2.75, 3.05) is 6.54 Å². The molecule has 0 aromatic carbocycles. The van der Waals surface area contributed by atoms with Crippen LogP contribution in [0.3, 0.4) is 0 Å². The third-order valence-electron chi connectivity index (χ3n) is 6.73. The van der Waals surface area contributed by atoms with Gasteiger partial charge in [0.15, 0.2) is 5.11 Å². The molecule has 5 aliphatic rings. The molecule has 5 saturated carbocycles. The topological polar surface area (TPSA) is 24.1 Å². The number of rotatable bonds is 3. The van der Waals surface area contributed by atoms with Gasteiger partial charge in [-0.2, -0.15) is 0 Å². The van der Waals surface area contributed by atoms with Crippen LogP contribution in [0.1, 0.15) is 70.6 Å². The maximum Gasteiger partial charge on any atom is 0.166 e. The molecule has 0 spiro atoms. The van der Waals surface area contributed by atoms with E-state index >= 15 is 0 Å². The van der Waals surface area contributed by atoms with Gasteiger partial charge in [0.1, 0.15) is 0 Å². The van der Waals surface area contributed by atoms with Gasteiger partial charge in [0.25, 0.3) is 0 Å². The Morgan fingerprint density at radius 3 is 2.05 bits per heavy atom. The quantitative estimate of drug-likeness (QED) is 0.771. The first-order valence-corrected chi connectivity index (χ1v) is 9.66. The lowest BCUT2D eigenvalue weighted by Crippen LogP contribution is -2.53. The highest BCUT2D eigenvalue weighted by Gasteiger charge is 2.50. The van der Waals surface area contributed by atoms with Crippen molar-refractivity contribution >= 4 is 17.3 Å². The van der Waals surface area contributed by atoms with E-state index in [1.54, 1.807) is 0 Å². The molecule has 0 heterocycles. The fourth-order valence-corrected chi connectivity index (χ4v) is 6.50. The maximum absolute atomic E-state index is 5.57. The van der Waals surface area contributed by atoms with Gasteiger partial charge in [-0.15, -0.1) is 0 Å². The van der Waals surface area contributed by atoms with Crippen molar-refractivity contribution < 1.29 is 0 Å². The molecule has 0 aliphatic heterocycles. The third-order valence-corrected chi connectivity index (χ3v) is 6.99. The summed E-state index contributed by atoms with van der Waals surface area (Å²) >= 11 is 5.57. The second-order valence-electron chi connectivity index (χ2n) is 8.58. The summed E-state index contributed by atoms with van der Waals surface area (Å²) in [4.78, 5) is 0. The minimum Gasteiger partial charge on any atom is -0.362 e. The summed E-state index contributed by atoms with van der Waals surface area (Å²) < 4.78 is 0. The Morgan fingerprint density at radius 1 is 0.905 bits per heavy atom. The predicted molar refractivity (Wildman–Crippen MR) is 91.2 cm³/mol. The van der Waals surface area contributed by atoms with Crippen molar-refractivity contribution in [3.8, 4) is 0 Å². The molecule has 0 unspecified atom stereocenters. The highest BCUT2D eigenvalue weighted by Crippen LogP contribution is 2.59. The van der Waals surface area contributed by atoms with Crippen molar-refractivity contribution in [3.05, 3.63) is 0 Å². The smallest absolute Gasteiger partial charge is 0.166 e. The van der Waals surface area contributed by atoms with Gasteiger partial charge in [-0.05, 0) is 86.8 Å². The zero-order valence-corrected chi connectivity index (χ0v) is 14.0. The van der Waals surface area contributed by atoms with Gasteiger partial charge in [-0.25, -0.2) is 0 Å². The van der Waals surface area contributed by atoms with E-state index in [2.05, 4.69) is 10.6 Å². The van der Waals surface area contributed by atoms with Crippen LogP contribution in [0.4, 0.5) is 0 Å². The minimum atomic E-state index is 0.590. The molecule has 0 aromatic heterocycles. The lowest BCUT2D eigenvalue weighted by Gasteiger charge is -2.57. The van der Waals surface area contributed by atoms with Gasteiger partial charge in [0.05, 0.1) is 0 Å². The lowest BCUT2D eigenvalue weighted by molar-refractivity contribution is -0.0491. The molecule has 0 amide bonds. The van der Waals surface area contributed by atoms with Crippen LogP contribution in [0, 0.1) is 23.2 Å². The van der Waals surface area contributed by atoms with Crippen LogP contribution in [0.25, 0.3) is 0 Å². The highest BCUT2D eigenvalue weighted by atomic mass is 32.1. The summed E-state index contributed by atoms with van der Waals surface area (Å²) in [5.41, 5.74) is 0.590. The fraction of sp³-hybridized carbons (Fsp3) is 0.944. The van der Waals surface area contributed by atoms with Crippen molar-refractivity contribution in [1.29, 1.82) is 0 Å². The van der Waals surface area contributed by atoms with Crippen LogP contribution in [0.5, 0.6) is 0 Å². The van der Waals surface area contributed by atoms with E-state index in [1.807, 2.05) is 0 Å². The van der Waals surface area contributed by atoms with Gasteiger partial charge in [-0.3, -0.25) is 0 Å². The normalized spacial score (nSPS) is 42.0. The van der Waals surface area contributed by atoms with Crippen LogP contribution in [-0.2, 0) is 0 Å². The fourth-order valence-electron chi connectivity index (χ4n) is 6.26. The van der Waals surface area contributed by atoms with E-state index in [0.717, 1.165) is 29.4 Å². The molecule has 118 valence electrons. The Bertz CT molecular complexity index is 365.